The molecule has 1 heterocycles. The quantitative estimate of drug-likeness (QED) is 0.231. The predicted molar refractivity (Wildman–Crippen MR) is 127 cm³/mol. The standard InChI is InChI=1S/C27H44O5/c1-5-9-11-12-13-21-15-17-22(18-16-21)19-29-24-20-30-26(8-4)32-27(24)23(7-3)31-25(28)14-10-6-2/h15-18,23-24,26-27H,5-14,19-20H2,1-4H3/t23?,24-,26+,27-/m1/s1. The molecule has 0 radical (unpaired) electrons. The number of aryl methyl sites for hydroxylation is 1. The first-order chi connectivity index (χ1) is 15.6. The van der Waals surface area contributed by atoms with Crippen molar-refractivity contribution in [3.8, 4) is 0 Å². The Kier molecular flexibility index (Phi) is 12.9. The van der Waals surface area contributed by atoms with Gasteiger partial charge in [0.2, 0.25) is 0 Å². The van der Waals surface area contributed by atoms with Gasteiger partial charge in [0.15, 0.2) is 6.29 Å². The number of ether oxygens (including phenoxy) is 4. The highest BCUT2D eigenvalue weighted by Crippen LogP contribution is 2.25. The van der Waals surface area contributed by atoms with Gasteiger partial charge in [-0.2, -0.15) is 0 Å². The molecule has 1 aromatic rings. The van der Waals surface area contributed by atoms with Crippen molar-refractivity contribution in [1.82, 2.24) is 0 Å². The first kappa shape index (κ1) is 26.8. The summed E-state index contributed by atoms with van der Waals surface area (Å²) < 4.78 is 24.0. The third-order valence-electron chi connectivity index (χ3n) is 6.05. The molecule has 1 aliphatic rings. The van der Waals surface area contributed by atoms with E-state index in [1.54, 1.807) is 0 Å². The number of esters is 1. The molecule has 1 fully saturated rings. The van der Waals surface area contributed by atoms with Crippen molar-refractivity contribution >= 4 is 5.97 Å². The van der Waals surface area contributed by atoms with Crippen LogP contribution in [0.15, 0.2) is 24.3 Å². The second kappa shape index (κ2) is 15.4. The van der Waals surface area contributed by atoms with Crippen LogP contribution in [-0.2, 0) is 36.8 Å². The molecule has 32 heavy (non-hydrogen) atoms. The summed E-state index contributed by atoms with van der Waals surface area (Å²) in [6, 6.07) is 8.69. The maximum atomic E-state index is 12.2. The van der Waals surface area contributed by atoms with E-state index in [-0.39, 0.29) is 30.6 Å². The number of unbranched alkanes of at least 4 members (excludes halogenated alkanes) is 4. The highest BCUT2D eigenvalue weighted by molar-refractivity contribution is 5.69. The van der Waals surface area contributed by atoms with E-state index < -0.39 is 0 Å². The minimum absolute atomic E-state index is 0.157. The molecule has 5 heteroatoms. The van der Waals surface area contributed by atoms with Gasteiger partial charge < -0.3 is 18.9 Å². The molecule has 1 saturated heterocycles. The molecule has 1 aromatic carbocycles. The van der Waals surface area contributed by atoms with Crippen LogP contribution < -0.4 is 0 Å². The van der Waals surface area contributed by atoms with Gasteiger partial charge in [-0.1, -0.05) is 77.6 Å². The average Bonchev–Trinajstić information content (AvgIpc) is 2.83. The molecule has 0 aromatic heterocycles. The van der Waals surface area contributed by atoms with Gasteiger partial charge in [-0.15, -0.1) is 0 Å². The fourth-order valence-corrected chi connectivity index (χ4v) is 3.98. The topological polar surface area (TPSA) is 54.0 Å². The molecule has 182 valence electrons. The third-order valence-corrected chi connectivity index (χ3v) is 6.05. The van der Waals surface area contributed by atoms with Gasteiger partial charge in [0.05, 0.1) is 13.2 Å². The normalized spacial score (nSPS) is 21.9. The van der Waals surface area contributed by atoms with Crippen LogP contribution in [0.4, 0.5) is 0 Å². The molecule has 0 N–H and O–H groups in total. The van der Waals surface area contributed by atoms with E-state index in [1.165, 1.54) is 31.2 Å². The van der Waals surface area contributed by atoms with Crippen LogP contribution >= 0.6 is 0 Å². The molecule has 1 unspecified atom stereocenters. The van der Waals surface area contributed by atoms with E-state index in [9.17, 15) is 4.79 Å². The third kappa shape index (κ3) is 9.21. The fourth-order valence-electron chi connectivity index (χ4n) is 3.98. The van der Waals surface area contributed by atoms with Crippen molar-refractivity contribution in [2.24, 2.45) is 0 Å². The number of hydrogen-bond donors (Lipinski definition) is 0. The minimum Gasteiger partial charge on any atom is -0.459 e. The second-order valence-corrected chi connectivity index (χ2v) is 8.79. The van der Waals surface area contributed by atoms with Crippen LogP contribution in [0.25, 0.3) is 0 Å². The zero-order valence-corrected chi connectivity index (χ0v) is 20.6. The highest BCUT2D eigenvalue weighted by atomic mass is 16.7. The van der Waals surface area contributed by atoms with Crippen LogP contribution in [0.5, 0.6) is 0 Å². The van der Waals surface area contributed by atoms with Gasteiger partial charge >= 0.3 is 5.97 Å². The smallest absolute Gasteiger partial charge is 0.306 e. The SMILES string of the molecule is CCCCCCc1ccc(CO[C@@H]2CO[C@H](CC)O[C@@H]2C(CC)OC(=O)CCCC)cc1. The number of rotatable bonds is 15. The minimum atomic E-state index is -0.326. The largest absolute Gasteiger partial charge is 0.459 e. The summed E-state index contributed by atoms with van der Waals surface area (Å²) in [6.07, 6.45) is 8.76. The Bertz CT molecular complexity index is 629. The second-order valence-electron chi connectivity index (χ2n) is 8.79. The molecule has 0 amide bonds. The van der Waals surface area contributed by atoms with Crippen LogP contribution in [0, 0.1) is 0 Å². The Morgan fingerprint density at radius 2 is 1.72 bits per heavy atom. The Morgan fingerprint density at radius 1 is 1.00 bits per heavy atom. The maximum Gasteiger partial charge on any atom is 0.306 e. The lowest BCUT2D eigenvalue weighted by atomic mass is 10.0. The Balaban J connectivity index is 1.92. The van der Waals surface area contributed by atoms with Crippen LogP contribution in [0.1, 0.15) is 96.6 Å². The van der Waals surface area contributed by atoms with Crippen molar-refractivity contribution in [2.75, 3.05) is 6.61 Å². The van der Waals surface area contributed by atoms with Crippen molar-refractivity contribution in [2.45, 2.75) is 123 Å². The number of carbonyl (C=O) groups is 1. The molecule has 4 atom stereocenters. The summed E-state index contributed by atoms with van der Waals surface area (Å²) in [5.74, 6) is -0.157. The van der Waals surface area contributed by atoms with Gasteiger partial charge in [-0.25, -0.2) is 0 Å². The van der Waals surface area contributed by atoms with Gasteiger partial charge in [-0.05, 0) is 43.2 Å². The summed E-state index contributed by atoms with van der Waals surface area (Å²) in [6.45, 7) is 9.29. The molecular formula is C27H44O5. The molecule has 0 aliphatic carbocycles. The van der Waals surface area contributed by atoms with E-state index >= 15 is 0 Å². The lowest BCUT2D eigenvalue weighted by Crippen LogP contribution is -2.51. The molecule has 0 spiro atoms. The van der Waals surface area contributed by atoms with E-state index in [0.29, 0.717) is 26.1 Å². The zero-order valence-electron chi connectivity index (χ0n) is 20.6. The molecular weight excluding hydrogens is 404 g/mol. The van der Waals surface area contributed by atoms with Crippen LogP contribution in [0.3, 0.4) is 0 Å². The lowest BCUT2D eigenvalue weighted by molar-refractivity contribution is -0.283. The first-order valence-corrected chi connectivity index (χ1v) is 12.8. The molecule has 0 saturated carbocycles. The summed E-state index contributed by atoms with van der Waals surface area (Å²) in [4.78, 5) is 12.2. The number of benzene rings is 1. The fraction of sp³-hybridized carbons (Fsp3) is 0.741. The zero-order chi connectivity index (χ0) is 23.2. The summed E-state index contributed by atoms with van der Waals surface area (Å²) in [5.41, 5.74) is 2.51. The molecule has 0 bridgehead atoms. The molecule has 1 aliphatic heterocycles. The number of hydrogen-bond acceptors (Lipinski definition) is 5. The lowest BCUT2D eigenvalue weighted by Gasteiger charge is -2.39. The maximum absolute atomic E-state index is 12.2. The summed E-state index contributed by atoms with van der Waals surface area (Å²) in [7, 11) is 0. The summed E-state index contributed by atoms with van der Waals surface area (Å²) >= 11 is 0. The first-order valence-electron chi connectivity index (χ1n) is 12.8. The Labute approximate surface area is 195 Å². The summed E-state index contributed by atoms with van der Waals surface area (Å²) in [5, 5.41) is 0. The van der Waals surface area contributed by atoms with Gasteiger partial charge in [-0.3, -0.25) is 4.79 Å². The highest BCUT2D eigenvalue weighted by Gasteiger charge is 2.39. The Morgan fingerprint density at radius 3 is 2.38 bits per heavy atom. The van der Waals surface area contributed by atoms with E-state index in [1.807, 2.05) is 13.8 Å². The molecule has 2 rings (SSSR count). The van der Waals surface area contributed by atoms with E-state index in [4.69, 9.17) is 18.9 Å². The van der Waals surface area contributed by atoms with Gasteiger partial charge in [0.1, 0.15) is 18.3 Å². The van der Waals surface area contributed by atoms with Crippen LogP contribution in [0.2, 0.25) is 0 Å². The molecule has 5 nitrogen and oxygen atoms in total. The Hall–Kier alpha value is -1.43. The van der Waals surface area contributed by atoms with Crippen molar-refractivity contribution in [1.29, 1.82) is 0 Å². The monoisotopic (exact) mass is 448 g/mol. The van der Waals surface area contributed by atoms with Crippen LogP contribution in [-0.4, -0.2) is 37.2 Å². The van der Waals surface area contributed by atoms with Gasteiger partial charge in [0, 0.05) is 6.42 Å². The average molecular weight is 449 g/mol. The predicted octanol–water partition coefficient (Wildman–Crippen LogP) is 6.36. The van der Waals surface area contributed by atoms with Gasteiger partial charge in [0.25, 0.3) is 0 Å². The van der Waals surface area contributed by atoms with E-state index in [2.05, 4.69) is 38.1 Å². The van der Waals surface area contributed by atoms with Crippen molar-refractivity contribution in [3.63, 3.8) is 0 Å². The van der Waals surface area contributed by atoms with Crippen molar-refractivity contribution < 1.29 is 23.7 Å². The van der Waals surface area contributed by atoms with Crippen molar-refractivity contribution in [3.05, 3.63) is 35.4 Å². The number of carbonyl (C=O) groups excluding carboxylic acids is 1. The van der Waals surface area contributed by atoms with E-state index in [0.717, 1.165) is 31.2 Å².